The summed E-state index contributed by atoms with van der Waals surface area (Å²) in [4.78, 5) is 11.3. The number of hydrogen-bond donors (Lipinski definition) is 1. The molecule has 0 saturated heterocycles. The van der Waals surface area contributed by atoms with Gasteiger partial charge in [-0.1, -0.05) is 0 Å². The Morgan fingerprint density at radius 2 is 1.90 bits per heavy atom. The van der Waals surface area contributed by atoms with E-state index in [4.69, 9.17) is 4.74 Å². The third kappa shape index (κ3) is 3.36. The summed E-state index contributed by atoms with van der Waals surface area (Å²) in [5, 5.41) is 9.28. The number of aromatic carboxylic acids is 1. The van der Waals surface area contributed by atoms with Crippen LogP contribution in [-0.4, -0.2) is 44.0 Å². The van der Waals surface area contributed by atoms with Crippen molar-refractivity contribution in [2.45, 2.75) is 36.7 Å². The van der Waals surface area contributed by atoms with E-state index < -0.39 is 16.0 Å². The number of carboxylic acids is 1. The predicted octanol–water partition coefficient (Wildman–Crippen LogP) is 1.96. The second-order valence-corrected chi connectivity index (χ2v) is 7.43. The lowest BCUT2D eigenvalue weighted by molar-refractivity contribution is 0.0689. The molecule has 0 unspecified atom stereocenters. The lowest BCUT2D eigenvalue weighted by Gasteiger charge is -2.17. The van der Waals surface area contributed by atoms with Crippen molar-refractivity contribution < 1.29 is 23.1 Å². The van der Waals surface area contributed by atoms with Crippen LogP contribution in [0.4, 0.5) is 0 Å². The zero-order valence-electron chi connectivity index (χ0n) is 12.1. The first-order chi connectivity index (χ1) is 9.82. The van der Waals surface area contributed by atoms with E-state index in [1.54, 1.807) is 0 Å². The molecule has 1 aromatic rings. The highest BCUT2D eigenvalue weighted by Gasteiger charge is 2.24. The molecule has 0 bridgehead atoms. The zero-order chi connectivity index (χ0) is 15.6. The van der Waals surface area contributed by atoms with Crippen LogP contribution < -0.4 is 4.74 Å². The molecule has 0 radical (unpaired) electrons. The number of carbonyl (C=O) groups is 1. The first kappa shape index (κ1) is 15.8. The van der Waals surface area contributed by atoms with Crippen LogP contribution in [0.5, 0.6) is 5.75 Å². The van der Waals surface area contributed by atoms with E-state index in [9.17, 15) is 18.3 Å². The van der Waals surface area contributed by atoms with Gasteiger partial charge >= 0.3 is 5.97 Å². The largest absolute Gasteiger partial charge is 0.490 e. The number of carboxylic acid groups (broad SMARTS) is 1. The van der Waals surface area contributed by atoms with Gasteiger partial charge < -0.3 is 9.84 Å². The Bertz CT molecular complexity index is 633. The van der Waals surface area contributed by atoms with Crippen molar-refractivity contribution in [3.05, 3.63) is 23.8 Å². The smallest absolute Gasteiger partial charge is 0.339 e. The van der Waals surface area contributed by atoms with Crippen LogP contribution in [0.15, 0.2) is 23.1 Å². The molecule has 21 heavy (non-hydrogen) atoms. The second kappa shape index (κ2) is 6.03. The second-order valence-electron chi connectivity index (χ2n) is 5.27. The lowest BCUT2D eigenvalue weighted by Crippen LogP contribution is -2.22. The Balaban J connectivity index is 2.37. The fourth-order valence-electron chi connectivity index (χ4n) is 2.34. The third-order valence-electron chi connectivity index (χ3n) is 3.56. The highest BCUT2D eigenvalue weighted by molar-refractivity contribution is 7.89. The van der Waals surface area contributed by atoms with E-state index in [1.807, 2.05) is 0 Å². The highest BCUT2D eigenvalue weighted by Crippen LogP contribution is 2.29. The molecule has 0 aliphatic heterocycles. The van der Waals surface area contributed by atoms with Crippen molar-refractivity contribution in [2.75, 3.05) is 14.1 Å². The quantitative estimate of drug-likeness (QED) is 0.898. The number of hydrogen-bond acceptors (Lipinski definition) is 4. The molecule has 6 nitrogen and oxygen atoms in total. The fourth-order valence-corrected chi connectivity index (χ4v) is 3.26. The first-order valence-electron chi connectivity index (χ1n) is 6.79. The van der Waals surface area contributed by atoms with Crippen LogP contribution in [0, 0.1) is 0 Å². The summed E-state index contributed by atoms with van der Waals surface area (Å²) in [7, 11) is -0.859. The molecular weight excluding hydrogens is 294 g/mol. The molecule has 1 N–H and O–H groups in total. The maximum absolute atomic E-state index is 12.1. The molecule has 0 aromatic heterocycles. The Morgan fingerprint density at radius 1 is 1.29 bits per heavy atom. The van der Waals surface area contributed by atoms with Crippen LogP contribution >= 0.6 is 0 Å². The maximum atomic E-state index is 12.1. The van der Waals surface area contributed by atoms with E-state index in [0.717, 1.165) is 36.1 Å². The average Bonchev–Trinajstić information content (AvgIpc) is 2.91. The summed E-state index contributed by atoms with van der Waals surface area (Å²) < 4.78 is 30.9. The Hall–Kier alpha value is -1.60. The number of sulfonamides is 1. The molecule has 1 aliphatic carbocycles. The van der Waals surface area contributed by atoms with Crippen LogP contribution in [0.1, 0.15) is 36.0 Å². The minimum absolute atomic E-state index is 0.0133. The van der Waals surface area contributed by atoms with Crippen molar-refractivity contribution in [3.8, 4) is 5.75 Å². The summed E-state index contributed by atoms with van der Waals surface area (Å²) in [5.74, 6) is -0.967. The predicted molar refractivity (Wildman–Crippen MR) is 77.2 cm³/mol. The number of benzene rings is 1. The normalized spacial score (nSPS) is 16.3. The summed E-state index contributed by atoms with van der Waals surface area (Å²) >= 11 is 0. The molecule has 1 saturated carbocycles. The first-order valence-corrected chi connectivity index (χ1v) is 8.23. The third-order valence-corrected chi connectivity index (χ3v) is 5.37. The van der Waals surface area contributed by atoms with Crippen LogP contribution in [-0.2, 0) is 10.0 Å². The van der Waals surface area contributed by atoms with Gasteiger partial charge in [-0.25, -0.2) is 17.5 Å². The van der Waals surface area contributed by atoms with Crippen molar-refractivity contribution in [1.29, 1.82) is 0 Å². The molecule has 1 fully saturated rings. The molecule has 2 rings (SSSR count). The highest BCUT2D eigenvalue weighted by atomic mass is 32.2. The van der Waals surface area contributed by atoms with Gasteiger partial charge in [-0.05, 0) is 43.9 Å². The molecule has 0 atom stereocenters. The maximum Gasteiger partial charge on any atom is 0.339 e. The minimum atomic E-state index is -3.66. The molecule has 116 valence electrons. The SMILES string of the molecule is CN(C)S(=O)(=O)c1ccc(OC2CCCC2)c(C(=O)O)c1. The fraction of sp³-hybridized carbons (Fsp3) is 0.500. The molecule has 0 amide bonds. The van der Waals surface area contributed by atoms with E-state index in [1.165, 1.54) is 26.2 Å². The summed E-state index contributed by atoms with van der Waals surface area (Å²) in [6.45, 7) is 0. The molecule has 0 heterocycles. The average molecular weight is 313 g/mol. The Kier molecular flexibility index (Phi) is 4.53. The Morgan fingerprint density at radius 3 is 2.43 bits per heavy atom. The molecule has 7 heteroatoms. The van der Waals surface area contributed by atoms with Gasteiger partial charge in [-0.3, -0.25) is 0 Å². The van der Waals surface area contributed by atoms with Crippen molar-refractivity contribution in [2.24, 2.45) is 0 Å². The van der Waals surface area contributed by atoms with Gasteiger partial charge in [0.25, 0.3) is 0 Å². The van der Waals surface area contributed by atoms with E-state index in [2.05, 4.69) is 0 Å². The standard InChI is InChI=1S/C14H19NO5S/c1-15(2)21(18,19)11-7-8-13(12(9-11)14(16)17)20-10-5-3-4-6-10/h7-10H,3-6H2,1-2H3,(H,16,17). The monoisotopic (exact) mass is 313 g/mol. The van der Waals surface area contributed by atoms with Gasteiger partial charge in [0, 0.05) is 14.1 Å². The van der Waals surface area contributed by atoms with Gasteiger partial charge in [0.15, 0.2) is 0 Å². The van der Waals surface area contributed by atoms with Crippen LogP contribution in [0.3, 0.4) is 0 Å². The Labute approximate surface area is 124 Å². The molecule has 1 aliphatic rings. The van der Waals surface area contributed by atoms with Crippen LogP contribution in [0.2, 0.25) is 0 Å². The lowest BCUT2D eigenvalue weighted by atomic mass is 10.2. The number of nitrogens with zero attached hydrogens (tertiary/aromatic N) is 1. The molecule has 0 spiro atoms. The van der Waals surface area contributed by atoms with Gasteiger partial charge in [-0.15, -0.1) is 0 Å². The summed E-state index contributed by atoms with van der Waals surface area (Å²) in [5.41, 5.74) is -0.121. The van der Waals surface area contributed by atoms with Crippen molar-refractivity contribution in [3.63, 3.8) is 0 Å². The summed E-state index contributed by atoms with van der Waals surface area (Å²) in [6, 6.07) is 3.96. The topological polar surface area (TPSA) is 83.9 Å². The minimum Gasteiger partial charge on any atom is -0.490 e. The van der Waals surface area contributed by atoms with Gasteiger partial charge in [0.1, 0.15) is 11.3 Å². The van der Waals surface area contributed by atoms with Gasteiger partial charge in [0.2, 0.25) is 10.0 Å². The van der Waals surface area contributed by atoms with E-state index >= 15 is 0 Å². The number of ether oxygens (including phenoxy) is 1. The van der Waals surface area contributed by atoms with Crippen molar-refractivity contribution >= 4 is 16.0 Å². The van der Waals surface area contributed by atoms with E-state index in [0.29, 0.717) is 0 Å². The van der Waals surface area contributed by atoms with Crippen LogP contribution in [0.25, 0.3) is 0 Å². The van der Waals surface area contributed by atoms with Crippen molar-refractivity contribution in [1.82, 2.24) is 4.31 Å². The zero-order valence-corrected chi connectivity index (χ0v) is 12.9. The van der Waals surface area contributed by atoms with E-state index in [-0.39, 0.29) is 22.3 Å². The van der Waals surface area contributed by atoms with Gasteiger partial charge in [-0.2, -0.15) is 0 Å². The number of rotatable bonds is 5. The van der Waals surface area contributed by atoms with Gasteiger partial charge in [0.05, 0.1) is 11.0 Å². The molecule has 1 aromatic carbocycles. The summed E-state index contributed by atoms with van der Waals surface area (Å²) in [6.07, 6.45) is 3.95. The molecular formula is C14H19NO5S.